The topological polar surface area (TPSA) is 35.5 Å². The minimum Gasteiger partial charge on any atom is -0.396 e. The van der Waals surface area contributed by atoms with Gasteiger partial charge in [-0.15, -0.1) is 0 Å². The number of nitrogens with zero attached hydrogens (tertiary/aromatic N) is 1. The van der Waals surface area contributed by atoms with Gasteiger partial charge in [0.2, 0.25) is 0 Å². The Hall–Kier alpha value is -0.120. The van der Waals surface area contributed by atoms with Crippen LogP contribution in [0.3, 0.4) is 0 Å². The van der Waals surface area contributed by atoms with E-state index < -0.39 is 0 Å². The molecule has 1 heterocycles. The largest absolute Gasteiger partial charge is 0.396 e. The summed E-state index contributed by atoms with van der Waals surface area (Å²) in [5, 5.41) is 12.7. The molecule has 1 saturated heterocycles. The smallest absolute Gasteiger partial charge is 0.0460 e. The van der Waals surface area contributed by atoms with Gasteiger partial charge in [0.1, 0.15) is 0 Å². The first-order valence-electron chi connectivity index (χ1n) is 6.99. The second-order valence-corrected chi connectivity index (χ2v) is 6.60. The van der Waals surface area contributed by atoms with Crippen molar-refractivity contribution in [3.05, 3.63) is 0 Å². The standard InChI is InChI=1S/C14H30N2O/c1-12(2)15-10-14(3,4)11-16-7-5-13(9-17)6-8-16/h12-13,15,17H,5-11H2,1-4H3. The minimum absolute atomic E-state index is 0.330. The highest BCUT2D eigenvalue weighted by Gasteiger charge is 2.25. The lowest BCUT2D eigenvalue weighted by atomic mass is 9.90. The predicted octanol–water partition coefficient (Wildman–Crippen LogP) is 1.71. The molecule has 3 nitrogen and oxygen atoms in total. The number of hydrogen-bond acceptors (Lipinski definition) is 3. The van der Waals surface area contributed by atoms with Crippen molar-refractivity contribution in [3.63, 3.8) is 0 Å². The fraction of sp³-hybridized carbons (Fsp3) is 1.00. The molecule has 1 aliphatic rings. The average Bonchev–Trinajstić information content (AvgIpc) is 2.27. The number of nitrogens with one attached hydrogen (secondary N) is 1. The van der Waals surface area contributed by atoms with E-state index in [4.69, 9.17) is 5.11 Å². The summed E-state index contributed by atoms with van der Waals surface area (Å²) in [6.45, 7) is 14.0. The van der Waals surface area contributed by atoms with Gasteiger partial charge in [0.25, 0.3) is 0 Å². The molecule has 0 unspecified atom stereocenters. The zero-order valence-electron chi connectivity index (χ0n) is 12.0. The summed E-state index contributed by atoms with van der Waals surface area (Å²) in [4.78, 5) is 2.55. The molecular formula is C14H30N2O. The average molecular weight is 242 g/mol. The van der Waals surface area contributed by atoms with Crippen LogP contribution in [0, 0.1) is 11.3 Å². The number of aliphatic hydroxyl groups is 1. The van der Waals surface area contributed by atoms with Crippen LogP contribution in [-0.2, 0) is 0 Å². The van der Waals surface area contributed by atoms with E-state index in [9.17, 15) is 0 Å². The van der Waals surface area contributed by atoms with Gasteiger partial charge in [-0.2, -0.15) is 0 Å². The first kappa shape index (κ1) is 14.9. The van der Waals surface area contributed by atoms with Gasteiger partial charge in [-0.05, 0) is 37.3 Å². The maximum absolute atomic E-state index is 9.13. The highest BCUT2D eigenvalue weighted by molar-refractivity contribution is 4.80. The van der Waals surface area contributed by atoms with E-state index in [0.29, 0.717) is 24.0 Å². The fourth-order valence-corrected chi connectivity index (χ4v) is 2.47. The molecule has 0 amide bonds. The van der Waals surface area contributed by atoms with Crippen molar-refractivity contribution in [2.24, 2.45) is 11.3 Å². The number of hydrogen-bond donors (Lipinski definition) is 2. The van der Waals surface area contributed by atoms with Crippen molar-refractivity contribution < 1.29 is 5.11 Å². The van der Waals surface area contributed by atoms with Crippen LogP contribution in [0.15, 0.2) is 0 Å². The summed E-state index contributed by atoms with van der Waals surface area (Å²) in [6, 6.07) is 0.564. The molecular weight excluding hydrogens is 212 g/mol. The van der Waals surface area contributed by atoms with Gasteiger partial charge in [0.15, 0.2) is 0 Å². The second-order valence-electron chi connectivity index (χ2n) is 6.60. The third-order valence-corrected chi connectivity index (χ3v) is 3.61. The highest BCUT2D eigenvalue weighted by atomic mass is 16.3. The Morgan fingerprint density at radius 1 is 1.29 bits per heavy atom. The third-order valence-electron chi connectivity index (χ3n) is 3.61. The van der Waals surface area contributed by atoms with Gasteiger partial charge in [-0.1, -0.05) is 27.7 Å². The van der Waals surface area contributed by atoms with Crippen LogP contribution in [0.2, 0.25) is 0 Å². The third kappa shape index (κ3) is 5.84. The summed E-state index contributed by atoms with van der Waals surface area (Å²) in [6.07, 6.45) is 2.31. The molecule has 102 valence electrons. The van der Waals surface area contributed by atoms with E-state index in [2.05, 4.69) is 37.9 Å². The summed E-state index contributed by atoms with van der Waals surface area (Å²) in [7, 11) is 0. The number of rotatable bonds is 6. The van der Waals surface area contributed by atoms with Gasteiger partial charge < -0.3 is 15.3 Å². The van der Waals surface area contributed by atoms with E-state index in [1.54, 1.807) is 0 Å². The predicted molar refractivity (Wildman–Crippen MR) is 73.2 cm³/mol. The lowest BCUT2D eigenvalue weighted by Gasteiger charge is -2.37. The molecule has 1 fully saturated rings. The van der Waals surface area contributed by atoms with Crippen molar-refractivity contribution in [2.45, 2.75) is 46.6 Å². The van der Waals surface area contributed by atoms with Crippen molar-refractivity contribution in [1.29, 1.82) is 0 Å². The first-order valence-corrected chi connectivity index (χ1v) is 6.99. The van der Waals surface area contributed by atoms with Gasteiger partial charge >= 0.3 is 0 Å². The number of likely N-dealkylation sites (tertiary alicyclic amines) is 1. The Bertz CT molecular complexity index is 208. The lowest BCUT2D eigenvalue weighted by Crippen LogP contribution is -2.45. The number of piperidine rings is 1. The van der Waals surface area contributed by atoms with Crippen LogP contribution >= 0.6 is 0 Å². The Morgan fingerprint density at radius 3 is 2.35 bits per heavy atom. The molecule has 0 bridgehead atoms. The molecule has 17 heavy (non-hydrogen) atoms. The van der Waals surface area contributed by atoms with E-state index in [1.807, 2.05) is 0 Å². The van der Waals surface area contributed by atoms with Gasteiger partial charge in [-0.25, -0.2) is 0 Å². The van der Waals surface area contributed by atoms with Crippen LogP contribution in [-0.4, -0.2) is 48.8 Å². The molecule has 0 aromatic carbocycles. The highest BCUT2D eigenvalue weighted by Crippen LogP contribution is 2.22. The monoisotopic (exact) mass is 242 g/mol. The van der Waals surface area contributed by atoms with Crippen molar-refractivity contribution in [1.82, 2.24) is 10.2 Å². The molecule has 0 aromatic heterocycles. The summed E-state index contributed by atoms with van der Waals surface area (Å²) in [5.74, 6) is 0.545. The fourth-order valence-electron chi connectivity index (χ4n) is 2.47. The van der Waals surface area contributed by atoms with Crippen molar-refractivity contribution in [3.8, 4) is 0 Å². The zero-order valence-corrected chi connectivity index (χ0v) is 12.0. The van der Waals surface area contributed by atoms with Crippen LogP contribution < -0.4 is 5.32 Å². The van der Waals surface area contributed by atoms with E-state index in [-0.39, 0.29) is 0 Å². The molecule has 1 aliphatic heterocycles. The normalized spacial score (nSPS) is 20.1. The molecule has 0 saturated carbocycles. The molecule has 3 heteroatoms. The summed E-state index contributed by atoms with van der Waals surface area (Å²) in [5.41, 5.74) is 0.330. The quantitative estimate of drug-likeness (QED) is 0.744. The maximum Gasteiger partial charge on any atom is 0.0460 e. The van der Waals surface area contributed by atoms with Crippen molar-refractivity contribution >= 4 is 0 Å². The zero-order chi connectivity index (χ0) is 12.9. The Kier molecular flexibility index (Phi) is 5.90. The molecule has 0 aromatic rings. The minimum atomic E-state index is 0.330. The van der Waals surface area contributed by atoms with Crippen LogP contribution in [0.25, 0.3) is 0 Å². The Labute approximate surface area is 107 Å². The Morgan fingerprint density at radius 2 is 1.88 bits per heavy atom. The van der Waals surface area contributed by atoms with Gasteiger partial charge in [-0.3, -0.25) is 0 Å². The molecule has 0 radical (unpaired) electrons. The van der Waals surface area contributed by atoms with Crippen LogP contribution in [0.5, 0.6) is 0 Å². The molecule has 1 rings (SSSR count). The second kappa shape index (κ2) is 6.72. The molecule has 2 N–H and O–H groups in total. The van der Waals surface area contributed by atoms with E-state index in [0.717, 1.165) is 39.0 Å². The van der Waals surface area contributed by atoms with Crippen molar-refractivity contribution in [2.75, 3.05) is 32.8 Å². The molecule has 0 atom stereocenters. The maximum atomic E-state index is 9.13. The molecule has 0 spiro atoms. The lowest BCUT2D eigenvalue weighted by molar-refractivity contribution is 0.0994. The van der Waals surface area contributed by atoms with Gasteiger partial charge in [0.05, 0.1) is 0 Å². The Balaban J connectivity index is 2.28. The summed E-state index contributed by atoms with van der Waals surface area (Å²) >= 11 is 0. The van der Waals surface area contributed by atoms with E-state index in [1.165, 1.54) is 0 Å². The van der Waals surface area contributed by atoms with Gasteiger partial charge in [0, 0.05) is 25.7 Å². The van der Waals surface area contributed by atoms with Crippen LogP contribution in [0.4, 0.5) is 0 Å². The molecule has 0 aliphatic carbocycles. The summed E-state index contributed by atoms with van der Waals surface area (Å²) < 4.78 is 0. The van der Waals surface area contributed by atoms with Crippen LogP contribution in [0.1, 0.15) is 40.5 Å². The number of aliphatic hydroxyl groups excluding tert-OH is 1. The first-order chi connectivity index (χ1) is 7.93. The SMILES string of the molecule is CC(C)NCC(C)(C)CN1CCC(CO)CC1. The van der Waals surface area contributed by atoms with E-state index >= 15 is 0 Å².